The molecule has 5 heteroatoms. The predicted molar refractivity (Wildman–Crippen MR) is 108 cm³/mol. The summed E-state index contributed by atoms with van der Waals surface area (Å²) in [4.78, 5) is 16.1. The number of nitrogens with zero attached hydrogens (tertiary/aromatic N) is 1. The van der Waals surface area contributed by atoms with E-state index >= 15 is 0 Å². The lowest BCUT2D eigenvalue weighted by atomic mass is 10.1. The summed E-state index contributed by atoms with van der Waals surface area (Å²) in [6.07, 6.45) is 6.49. The number of fused-ring (bicyclic) bond motifs is 1. The molecular weight excluding hydrogens is 330 g/mol. The molecule has 4 nitrogen and oxygen atoms in total. The number of nitrogens with one attached hydrogen (secondary N) is 2. The molecule has 0 aliphatic heterocycles. The van der Waals surface area contributed by atoms with Gasteiger partial charge in [-0.3, -0.25) is 10.2 Å². The van der Waals surface area contributed by atoms with E-state index in [0.717, 1.165) is 20.8 Å². The minimum atomic E-state index is -0.0835. The minimum absolute atomic E-state index is 0.0835. The maximum Gasteiger partial charge on any atom is 0.240 e. The van der Waals surface area contributed by atoms with Crippen LogP contribution in [0.15, 0.2) is 36.4 Å². The van der Waals surface area contributed by atoms with Gasteiger partial charge in [0.1, 0.15) is 5.01 Å². The fourth-order valence-electron chi connectivity index (χ4n) is 2.09. The molecule has 1 amide bonds. The maximum atomic E-state index is 11.6. The van der Waals surface area contributed by atoms with E-state index in [1.165, 1.54) is 5.57 Å². The summed E-state index contributed by atoms with van der Waals surface area (Å²) in [6, 6.07) is 6.20. The summed E-state index contributed by atoms with van der Waals surface area (Å²) in [5.74, 6) is 5.28. The van der Waals surface area contributed by atoms with Crippen molar-refractivity contribution >= 4 is 33.0 Å². The average Bonchev–Trinajstić information content (AvgIpc) is 3.01. The molecule has 0 radical (unpaired) electrons. The molecule has 1 aromatic heterocycles. The molecule has 0 aliphatic rings. The first-order valence-corrected chi connectivity index (χ1v) is 8.89. The molecule has 0 saturated heterocycles. The highest BCUT2D eigenvalue weighted by Crippen LogP contribution is 2.27. The quantitative estimate of drug-likeness (QED) is 0.482. The van der Waals surface area contributed by atoms with Crippen LogP contribution in [0.3, 0.4) is 0 Å². The zero-order chi connectivity index (χ0) is 18.7. The van der Waals surface area contributed by atoms with Gasteiger partial charge in [-0.25, -0.2) is 10.4 Å². The normalized spacial score (nSPS) is 10.8. The number of hydrogen-bond acceptors (Lipinski definition) is 4. The molecule has 1 heterocycles. The fourth-order valence-corrected chi connectivity index (χ4v) is 3.09. The second-order valence-corrected chi connectivity index (χ2v) is 6.12. The van der Waals surface area contributed by atoms with Gasteiger partial charge in [0.2, 0.25) is 5.91 Å². The zero-order valence-corrected chi connectivity index (χ0v) is 16.3. The number of allylic oxidation sites excluding steroid dienone is 4. The van der Waals surface area contributed by atoms with Crippen molar-refractivity contribution in [3.05, 3.63) is 47.0 Å². The highest BCUT2D eigenvalue weighted by atomic mass is 32.1. The molecule has 1 aromatic carbocycles. The summed E-state index contributed by atoms with van der Waals surface area (Å²) in [5, 5.41) is 0.822. The molecule has 0 unspecified atom stereocenters. The van der Waals surface area contributed by atoms with Crippen LogP contribution in [0.25, 0.3) is 15.8 Å². The summed E-state index contributed by atoms with van der Waals surface area (Å²) in [7, 11) is 1.67. The lowest BCUT2D eigenvalue weighted by Gasteiger charge is -2.01. The van der Waals surface area contributed by atoms with Gasteiger partial charge in [0.15, 0.2) is 0 Å². The maximum absolute atomic E-state index is 11.6. The smallest absolute Gasteiger partial charge is 0.240 e. The molecule has 0 saturated carbocycles. The Morgan fingerprint density at radius 1 is 1.28 bits per heavy atom. The number of carbonyl (C=O) groups is 1. The minimum Gasteiger partial charge on any atom is -0.291 e. The standard InChI is InChI=1S/C16H19N3OS.C4H6/c1-4-6-11(5-2)12-7-8-13-14(9-12)21-16(18-13)10-15(20)19-17-3;1-3-4-2/h4-9,17H,10H2,1-3H3,(H,19,20);1-2H3/b6-4-,11-5+;. The molecule has 0 spiro atoms. The number of benzene rings is 1. The van der Waals surface area contributed by atoms with Crippen LogP contribution in [0.1, 0.15) is 38.3 Å². The van der Waals surface area contributed by atoms with E-state index in [1.54, 1.807) is 18.4 Å². The van der Waals surface area contributed by atoms with Crippen LogP contribution in [-0.4, -0.2) is 17.9 Å². The van der Waals surface area contributed by atoms with Crippen LogP contribution < -0.4 is 10.9 Å². The molecule has 0 bridgehead atoms. The third-order valence-electron chi connectivity index (χ3n) is 3.25. The van der Waals surface area contributed by atoms with Crippen LogP contribution in [0, 0.1) is 11.8 Å². The number of aromatic nitrogens is 1. The van der Waals surface area contributed by atoms with Gasteiger partial charge in [0.25, 0.3) is 0 Å². The molecule has 0 atom stereocenters. The van der Waals surface area contributed by atoms with Gasteiger partial charge in [-0.2, -0.15) is 0 Å². The van der Waals surface area contributed by atoms with Crippen molar-refractivity contribution in [2.75, 3.05) is 7.05 Å². The van der Waals surface area contributed by atoms with E-state index in [2.05, 4.69) is 52.0 Å². The number of carbonyl (C=O) groups excluding carboxylic acids is 1. The second kappa shape index (κ2) is 11.2. The topological polar surface area (TPSA) is 54.0 Å². The van der Waals surface area contributed by atoms with E-state index in [-0.39, 0.29) is 5.91 Å². The van der Waals surface area contributed by atoms with Crippen LogP contribution >= 0.6 is 11.3 Å². The van der Waals surface area contributed by atoms with Crippen LogP contribution in [0.5, 0.6) is 0 Å². The summed E-state index contributed by atoms with van der Waals surface area (Å²) in [5.41, 5.74) is 8.47. The molecule has 2 N–H and O–H groups in total. The van der Waals surface area contributed by atoms with Crippen molar-refractivity contribution in [1.29, 1.82) is 0 Å². The number of hydrazine groups is 1. The largest absolute Gasteiger partial charge is 0.291 e. The monoisotopic (exact) mass is 355 g/mol. The molecule has 0 aliphatic carbocycles. The van der Waals surface area contributed by atoms with E-state index in [1.807, 2.05) is 39.8 Å². The lowest BCUT2D eigenvalue weighted by molar-refractivity contribution is -0.121. The summed E-state index contributed by atoms with van der Waals surface area (Å²) < 4.78 is 1.10. The molecule has 132 valence electrons. The number of rotatable bonds is 5. The van der Waals surface area contributed by atoms with Gasteiger partial charge in [-0.15, -0.1) is 23.2 Å². The number of amides is 1. The molecule has 25 heavy (non-hydrogen) atoms. The van der Waals surface area contributed by atoms with E-state index in [9.17, 15) is 4.79 Å². The predicted octanol–water partition coefficient (Wildman–Crippen LogP) is 4.10. The summed E-state index contributed by atoms with van der Waals surface area (Å²) in [6.45, 7) is 7.67. The Labute approximate surface area is 154 Å². The Morgan fingerprint density at radius 3 is 2.56 bits per heavy atom. The van der Waals surface area contributed by atoms with Gasteiger partial charge in [0.05, 0.1) is 16.6 Å². The first-order chi connectivity index (χ1) is 12.1. The zero-order valence-electron chi connectivity index (χ0n) is 15.4. The molecule has 0 fully saturated rings. The Hall–Kier alpha value is -2.42. The van der Waals surface area contributed by atoms with Gasteiger partial charge in [-0.1, -0.05) is 24.3 Å². The molecular formula is C20H25N3OS. The fraction of sp³-hybridized carbons (Fsp3) is 0.300. The summed E-state index contributed by atoms with van der Waals surface area (Å²) >= 11 is 1.56. The van der Waals surface area contributed by atoms with Crippen LogP contribution in [-0.2, 0) is 11.2 Å². The van der Waals surface area contributed by atoms with Gasteiger partial charge < -0.3 is 0 Å². The number of thiazole rings is 1. The van der Waals surface area contributed by atoms with Gasteiger partial charge in [-0.05, 0) is 51.0 Å². The first kappa shape index (κ1) is 20.6. The van der Waals surface area contributed by atoms with Crippen molar-refractivity contribution in [3.63, 3.8) is 0 Å². The van der Waals surface area contributed by atoms with E-state index in [4.69, 9.17) is 0 Å². The Morgan fingerprint density at radius 2 is 2.00 bits per heavy atom. The highest BCUT2D eigenvalue weighted by molar-refractivity contribution is 7.18. The second-order valence-electron chi connectivity index (χ2n) is 5.01. The van der Waals surface area contributed by atoms with Crippen LogP contribution in [0.4, 0.5) is 0 Å². The van der Waals surface area contributed by atoms with E-state index in [0.29, 0.717) is 6.42 Å². The van der Waals surface area contributed by atoms with Crippen molar-refractivity contribution in [2.45, 2.75) is 34.1 Å². The average molecular weight is 356 g/mol. The Balaban J connectivity index is 0.000000705. The van der Waals surface area contributed by atoms with Crippen molar-refractivity contribution in [2.24, 2.45) is 0 Å². The number of hydrogen-bond donors (Lipinski definition) is 2. The lowest BCUT2D eigenvalue weighted by Crippen LogP contribution is -2.35. The molecule has 2 rings (SSSR count). The SMILES string of the molecule is C/C=C\C(=C/C)c1ccc2nc(CC(=O)NNC)sc2c1.CC#CC. The van der Waals surface area contributed by atoms with Crippen molar-refractivity contribution < 1.29 is 4.79 Å². The van der Waals surface area contributed by atoms with Gasteiger partial charge in [0, 0.05) is 7.05 Å². The van der Waals surface area contributed by atoms with Gasteiger partial charge >= 0.3 is 0 Å². The third kappa shape index (κ3) is 6.54. The van der Waals surface area contributed by atoms with Crippen molar-refractivity contribution in [1.82, 2.24) is 15.8 Å². The Bertz CT molecular complexity index is 816. The highest BCUT2D eigenvalue weighted by Gasteiger charge is 2.09. The van der Waals surface area contributed by atoms with Crippen molar-refractivity contribution in [3.8, 4) is 11.8 Å². The molecule has 2 aromatic rings. The van der Waals surface area contributed by atoms with E-state index < -0.39 is 0 Å². The Kier molecular flexibility index (Phi) is 9.23. The first-order valence-electron chi connectivity index (χ1n) is 8.07. The van der Waals surface area contributed by atoms with Crippen LogP contribution in [0.2, 0.25) is 0 Å². The third-order valence-corrected chi connectivity index (χ3v) is 4.27.